The molecule has 0 spiro atoms. The fourth-order valence-corrected chi connectivity index (χ4v) is 1.76. The highest BCUT2D eigenvalue weighted by Crippen LogP contribution is 2.58. The van der Waals surface area contributed by atoms with Crippen LogP contribution in [0.5, 0.6) is 0 Å². The van der Waals surface area contributed by atoms with Gasteiger partial charge in [-0.2, -0.15) is 0 Å². The van der Waals surface area contributed by atoms with Gasteiger partial charge in [0, 0.05) is 6.08 Å². The third-order valence-corrected chi connectivity index (χ3v) is 2.82. The first-order chi connectivity index (χ1) is 6.41. The van der Waals surface area contributed by atoms with Crippen molar-refractivity contribution in [1.29, 1.82) is 0 Å². The van der Waals surface area contributed by atoms with Gasteiger partial charge in [-0.05, 0) is 11.3 Å². The third kappa shape index (κ3) is 1.78. The summed E-state index contributed by atoms with van der Waals surface area (Å²) < 4.78 is 4.42. The minimum absolute atomic E-state index is 0.0703. The Labute approximate surface area is 82.6 Å². The van der Waals surface area contributed by atoms with Crippen LogP contribution >= 0.6 is 0 Å². The number of allylic oxidation sites excluding steroid dienone is 1. The summed E-state index contributed by atoms with van der Waals surface area (Å²) in [5, 5.41) is 8.83. The normalized spacial score (nSPS) is 28.8. The number of esters is 1. The van der Waals surface area contributed by atoms with E-state index < -0.39 is 11.9 Å². The molecule has 0 bridgehead atoms. The van der Waals surface area contributed by atoms with Gasteiger partial charge >= 0.3 is 11.9 Å². The van der Waals surface area contributed by atoms with Crippen molar-refractivity contribution in [3.63, 3.8) is 0 Å². The van der Waals surface area contributed by atoms with E-state index in [0.717, 1.165) is 0 Å². The zero-order valence-corrected chi connectivity index (χ0v) is 8.48. The number of carboxylic acid groups (broad SMARTS) is 1. The number of carbonyl (C=O) groups is 2. The molecule has 1 fully saturated rings. The molecule has 1 aliphatic rings. The summed E-state index contributed by atoms with van der Waals surface area (Å²) in [5.41, 5.74) is -0.254. The molecule has 1 rings (SSSR count). The van der Waals surface area contributed by atoms with Crippen molar-refractivity contribution in [3.8, 4) is 0 Å². The molecular formula is C10H14O4. The molecule has 0 aromatic heterocycles. The number of methoxy groups -OCH3 is 1. The number of carboxylic acids is 1. The van der Waals surface area contributed by atoms with Gasteiger partial charge in [0.25, 0.3) is 0 Å². The first-order valence-electron chi connectivity index (χ1n) is 4.40. The van der Waals surface area contributed by atoms with Crippen molar-refractivity contribution in [1.82, 2.24) is 0 Å². The highest BCUT2D eigenvalue weighted by Gasteiger charge is 2.60. The van der Waals surface area contributed by atoms with E-state index in [1.165, 1.54) is 13.2 Å². The molecule has 0 aromatic rings. The standard InChI is InChI=1S/C10H14O4/c1-10(2)6(8(10)9(12)13)4-5-7(11)14-3/h4-6,8H,1-3H3,(H,12,13)/b5-4-/t6-,8-/m1/s1. The average Bonchev–Trinajstić information content (AvgIpc) is 2.64. The number of hydrogen-bond donors (Lipinski definition) is 1. The molecule has 78 valence electrons. The monoisotopic (exact) mass is 198 g/mol. The van der Waals surface area contributed by atoms with Gasteiger partial charge in [-0.15, -0.1) is 0 Å². The summed E-state index contributed by atoms with van der Waals surface area (Å²) in [6.45, 7) is 3.75. The second-order valence-electron chi connectivity index (χ2n) is 4.05. The molecule has 0 heterocycles. The van der Waals surface area contributed by atoms with E-state index in [9.17, 15) is 9.59 Å². The molecule has 0 radical (unpaired) electrons. The molecule has 1 aliphatic carbocycles. The SMILES string of the molecule is COC(=O)/C=C\[C@@H]1[C@H](C(=O)O)C1(C)C. The second kappa shape index (κ2) is 3.44. The number of carbonyl (C=O) groups excluding carboxylic acids is 1. The Bertz CT molecular complexity index is 290. The lowest BCUT2D eigenvalue weighted by molar-refractivity contribution is -0.139. The van der Waals surface area contributed by atoms with E-state index in [-0.39, 0.29) is 17.3 Å². The first kappa shape index (κ1) is 10.8. The topological polar surface area (TPSA) is 63.6 Å². The maximum absolute atomic E-state index is 10.8. The fourth-order valence-electron chi connectivity index (χ4n) is 1.76. The summed E-state index contributed by atoms with van der Waals surface area (Å²) in [6, 6.07) is 0. The van der Waals surface area contributed by atoms with E-state index in [1.807, 2.05) is 13.8 Å². The Balaban J connectivity index is 2.61. The van der Waals surface area contributed by atoms with Gasteiger partial charge in [-0.3, -0.25) is 4.79 Å². The van der Waals surface area contributed by atoms with Crippen LogP contribution in [-0.4, -0.2) is 24.2 Å². The molecular weight excluding hydrogens is 184 g/mol. The Hall–Kier alpha value is -1.32. The molecule has 1 N–H and O–H groups in total. The van der Waals surface area contributed by atoms with Crippen LogP contribution in [0, 0.1) is 17.3 Å². The predicted molar refractivity (Wildman–Crippen MR) is 49.6 cm³/mol. The molecule has 1 saturated carbocycles. The van der Waals surface area contributed by atoms with E-state index in [2.05, 4.69) is 4.74 Å². The van der Waals surface area contributed by atoms with Crippen LogP contribution in [-0.2, 0) is 14.3 Å². The van der Waals surface area contributed by atoms with Crippen molar-refractivity contribution < 1.29 is 19.4 Å². The molecule has 0 amide bonds. The highest BCUT2D eigenvalue weighted by atomic mass is 16.5. The number of hydrogen-bond acceptors (Lipinski definition) is 3. The van der Waals surface area contributed by atoms with Crippen LogP contribution in [0.1, 0.15) is 13.8 Å². The van der Waals surface area contributed by atoms with E-state index >= 15 is 0 Å². The number of ether oxygens (including phenoxy) is 1. The summed E-state index contributed by atoms with van der Waals surface area (Å²) in [6.07, 6.45) is 2.90. The molecule has 0 unspecified atom stereocenters. The second-order valence-corrected chi connectivity index (χ2v) is 4.05. The maximum atomic E-state index is 10.8. The molecule has 0 aliphatic heterocycles. The van der Waals surface area contributed by atoms with Gasteiger partial charge in [0.1, 0.15) is 0 Å². The summed E-state index contributed by atoms with van der Waals surface area (Å²) >= 11 is 0. The van der Waals surface area contributed by atoms with Gasteiger partial charge in [0.05, 0.1) is 13.0 Å². The smallest absolute Gasteiger partial charge is 0.330 e. The Morgan fingerprint density at radius 3 is 2.36 bits per heavy atom. The van der Waals surface area contributed by atoms with Crippen LogP contribution in [0.4, 0.5) is 0 Å². The average molecular weight is 198 g/mol. The van der Waals surface area contributed by atoms with Crippen LogP contribution < -0.4 is 0 Å². The van der Waals surface area contributed by atoms with Gasteiger partial charge in [-0.1, -0.05) is 19.9 Å². The zero-order valence-electron chi connectivity index (χ0n) is 8.48. The summed E-state index contributed by atoms with van der Waals surface area (Å²) in [7, 11) is 1.29. The van der Waals surface area contributed by atoms with Crippen LogP contribution in [0.25, 0.3) is 0 Å². The molecule has 4 nitrogen and oxygen atoms in total. The lowest BCUT2D eigenvalue weighted by atomic mass is 10.1. The summed E-state index contributed by atoms with van der Waals surface area (Å²) in [4.78, 5) is 21.5. The largest absolute Gasteiger partial charge is 0.481 e. The zero-order chi connectivity index (χ0) is 10.9. The van der Waals surface area contributed by atoms with Crippen molar-refractivity contribution in [2.45, 2.75) is 13.8 Å². The third-order valence-electron chi connectivity index (χ3n) is 2.82. The van der Waals surface area contributed by atoms with Crippen LogP contribution in [0.15, 0.2) is 12.2 Å². The summed E-state index contributed by atoms with van der Waals surface area (Å²) in [5.74, 6) is -1.71. The van der Waals surface area contributed by atoms with E-state index in [4.69, 9.17) is 5.11 Å². The van der Waals surface area contributed by atoms with Crippen molar-refractivity contribution in [2.24, 2.45) is 17.3 Å². The van der Waals surface area contributed by atoms with Gasteiger partial charge in [0.15, 0.2) is 0 Å². The molecule has 0 saturated heterocycles. The molecule has 2 atom stereocenters. The molecule has 0 aromatic carbocycles. The number of aliphatic carboxylic acids is 1. The Kier molecular flexibility index (Phi) is 2.64. The van der Waals surface area contributed by atoms with Crippen LogP contribution in [0.3, 0.4) is 0 Å². The van der Waals surface area contributed by atoms with E-state index in [1.54, 1.807) is 6.08 Å². The molecule has 14 heavy (non-hydrogen) atoms. The minimum atomic E-state index is -0.811. The number of rotatable bonds is 3. The molecule has 4 heteroatoms. The Morgan fingerprint density at radius 1 is 1.43 bits per heavy atom. The lowest BCUT2D eigenvalue weighted by Crippen LogP contribution is -2.03. The lowest BCUT2D eigenvalue weighted by Gasteiger charge is -1.96. The minimum Gasteiger partial charge on any atom is -0.481 e. The fraction of sp³-hybridized carbons (Fsp3) is 0.600. The Morgan fingerprint density at radius 2 is 2.00 bits per heavy atom. The predicted octanol–water partition coefficient (Wildman–Crippen LogP) is 1.07. The van der Waals surface area contributed by atoms with E-state index in [0.29, 0.717) is 0 Å². The first-order valence-corrected chi connectivity index (χ1v) is 4.40. The quantitative estimate of drug-likeness (QED) is 0.544. The van der Waals surface area contributed by atoms with Gasteiger partial charge in [0.2, 0.25) is 0 Å². The van der Waals surface area contributed by atoms with Crippen molar-refractivity contribution in [2.75, 3.05) is 7.11 Å². The maximum Gasteiger partial charge on any atom is 0.330 e. The van der Waals surface area contributed by atoms with Crippen molar-refractivity contribution >= 4 is 11.9 Å². The van der Waals surface area contributed by atoms with Gasteiger partial charge in [-0.25, -0.2) is 4.79 Å². The van der Waals surface area contributed by atoms with Gasteiger partial charge < -0.3 is 9.84 Å². The van der Waals surface area contributed by atoms with Crippen molar-refractivity contribution in [3.05, 3.63) is 12.2 Å². The van der Waals surface area contributed by atoms with Crippen LogP contribution in [0.2, 0.25) is 0 Å². The highest BCUT2D eigenvalue weighted by molar-refractivity contribution is 5.82.